The number of nitrogens with zero attached hydrogens (tertiary/aromatic N) is 1. The van der Waals surface area contributed by atoms with E-state index in [0.29, 0.717) is 26.2 Å². The molecule has 1 rings (SSSR count). The van der Waals surface area contributed by atoms with Crippen LogP contribution in [-0.2, 0) is 23.9 Å². The fourth-order valence-electron chi connectivity index (χ4n) is 1.26. The number of carbonyl (C=O) groups excluding carboxylic acids is 3. The van der Waals surface area contributed by atoms with Gasteiger partial charge in [-0.15, -0.1) is 0 Å². The lowest BCUT2D eigenvalue weighted by molar-refractivity contribution is -0.137. The fourth-order valence-corrected chi connectivity index (χ4v) is 1.26. The Kier molecular flexibility index (Phi) is 6.13. The zero-order chi connectivity index (χ0) is 12.5. The van der Waals surface area contributed by atoms with E-state index in [1.807, 2.05) is 0 Å². The van der Waals surface area contributed by atoms with Gasteiger partial charge in [0.25, 0.3) is 11.8 Å². The van der Waals surface area contributed by atoms with E-state index in [1.165, 1.54) is 12.2 Å². The molecule has 1 aliphatic rings. The summed E-state index contributed by atoms with van der Waals surface area (Å²) in [6.07, 6.45) is 3.65. The first-order valence-electron chi connectivity index (χ1n) is 5.38. The maximum absolute atomic E-state index is 11.1. The summed E-state index contributed by atoms with van der Waals surface area (Å²) < 4.78 is 10.3. The Labute approximate surface area is 99.2 Å². The van der Waals surface area contributed by atoms with Crippen LogP contribution in [0.2, 0.25) is 0 Å². The van der Waals surface area contributed by atoms with Gasteiger partial charge in [-0.2, -0.15) is 0 Å². The summed E-state index contributed by atoms with van der Waals surface area (Å²) in [5, 5.41) is 0. The van der Waals surface area contributed by atoms with E-state index in [4.69, 9.17) is 9.47 Å². The van der Waals surface area contributed by atoms with Crippen molar-refractivity contribution in [3.8, 4) is 0 Å². The van der Waals surface area contributed by atoms with Crippen molar-refractivity contribution in [1.82, 2.24) is 4.90 Å². The number of aldehydes is 1. The van der Waals surface area contributed by atoms with Crippen molar-refractivity contribution in [3.63, 3.8) is 0 Å². The van der Waals surface area contributed by atoms with E-state index >= 15 is 0 Å². The first kappa shape index (κ1) is 13.5. The molecule has 0 radical (unpaired) electrons. The van der Waals surface area contributed by atoms with Gasteiger partial charge in [0.05, 0.1) is 33.0 Å². The maximum atomic E-state index is 11.1. The lowest BCUT2D eigenvalue weighted by Crippen LogP contribution is -2.33. The average Bonchev–Trinajstić information content (AvgIpc) is 2.63. The van der Waals surface area contributed by atoms with Crippen molar-refractivity contribution < 1.29 is 23.9 Å². The Bertz CT molecular complexity index is 295. The number of amides is 2. The molecular weight excluding hydrogens is 226 g/mol. The van der Waals surface area contributed by atoms with Gasteiger partial charge in [0.1, 0.15) is 6.29 Å². The zero-order valence-corrected chi connectivity index (χ0v) is 9.46. The molecule has 0 aromatic rings. The van der Waals surface area contributed by atoms with Crippen molar-refractivity contribution >= 4 is 18.1 Å². The fraction of sp³-hybridized carbons (Fsp3) is 0.545. The molecule has 1 aliphatic heterocycles. The van der Waals surface area contributed by atoms with E-state index in [9.17, 15) is 14.4 Å². The van der Waals surface area contributed by atoms with Crippen molar-refractivity contribution in [3.05, 3.63) is 12.2 Å². The first-order valence-corrected chi connectivity index (χ1v) is 5.38. The van der Waals surface area contributed by atoms with Crippen molar-refractivity contribution in [1.29, 1.82) is 0 Å². The Balaban J connectivity index is 1.96. The summed E-state index contributed by atoms with van der Waals surface area (Å²) in [4.78, 5) is 33.3. The molecule has 0 atom stereocenters. The molecule has 0 N–H and O–H groups in total. The molecule has 0 aromatic heterocycles. The highest BCUT2D eigenvalue weighted by Gasteiger charge is 2.22. The minimum atomic E-state index is -0.305. The second-order valence-corrected chi connectivity index (χ2v) is 3.34. The third-order valence-electron chi connectivity index (χ3n) is 2.11. The molecule has 0 saturated carbocycles. The molecule has 6 nitrogen and oxygen atoms in total. The van der Waals surface area contributed by atoms with Gasteiger partial charge in [0, 0.05) is 18.6 Å². The second-order valence-electron chi connectivity index (χ2n) is 3.34. The van der Waals surface area contributed by atoms with Gasteiger partial charge in [-0.25, -0.2) is 0 Å². The molecule has 2 amide bonds. The van der Waals surface area contributed by atoms with Gasteiger partial charge in [-0.05, 0) is 0 Å². The monoisotopic (exact) mass is 241 g/mol. The molecule has 0 aromatic carbocycles. The number of hydrogen-bond acceptors (Lipinski definition) is 5. The van der Waals surface area contributed by atoms with Crippen LogP contribution in [0, 0.1) is 0 Å². The van der Waals surface area contributed by atoms with E-state index in [1.54, 1.807) is 0 Å². The molecule has 0 bridgehead atoms. The van der Waals surface area contributed by atoms with Crippen molar-refractivity contribution in [2.24, 2.45) is 0 Å². The minimum Gasteiger partial charge on any atom is -0.379 e. The summed E-state index contributed by atoms with van der Waals surface area (Å²) in [7, 11) is 0. The average molecular weight is 241 g/mol. The standard InChI is InChI=1S/C11H15NO5/c13-5-1-6-16-8-9-17-7-4-12-10(14)2-3-11(12)15/h2-3,5H,1,4,6-9H2. The highest BCUT2D eigenvalue weighted by molar-refractivity contribution is 6.12. The summed E-state index contributed by atoms with van der Waals surface area (Å²) in [5.74, 6) is -0.610. The highest BCUT2D eigenvalue weighted by Crippen LogP contribution is 2.02. The third kappa shape index (κ3) is 4.88. The predicted octanol–water partition coefficient (Wildman–Crippen LogP) is -0.466. The van der Waals surface area contributed by atoms with Gasteiger partial charge in [-0.3, -0.25) is 14.5 Å². The van der Waals surface area contributed by atoms with Gasteiger partial charge in [0.2, 0.25) is 0 Å². The molecule has 1 heterocycles. The summed E-state index contributed by atoms with van der Waals surface area (Å²) in [5.41, 5.74) is 0. The molecule has 6 heteroatoms. The number of hydrogen-bond donors (Lipinski definition) is 0. The summed E-state index contributed by atoms with van der Waals surface area (Å²) in [6.45, 7) is 1.70. The number of rotatable bonds is 9. The molecule has 0 unspecified atom stereocenters. The lowest BCUT2D eigenvalue weighted by atomic mass is 10.5. The molecular formula is C11H15NO5. The van der Waals surface area contributed by atoms with Crippen LogP contribution < -0.4 is 0 Å². The lowest BCUT2D eigenvalue weighted by Gasteiger charge is -2.13. The Morgan fingerprint density at radius 3 is 2.18 bits per heavy atom. The Morgan fingerprint density at radius 1 is 1.00 bits per heavy atom. The summed E-state index contributed by atoms with van der Waals surface area (Å²) in [6, 6.07) is 0. The van der Waals surface area contributed by atoms with Crippen LogP contribution in [0.5, 0.6) is 0 Å². The quantitative estimate of drug-likeness (QED) is 0.310. The van der Waals surface area contributed by atoms with E-state index in [2.05, 4.69) is 0 Å². The molecule has 0 aliphatic carbocycles. The van der Waals surface area contributed by atoms with E-state index in [-0.39, 0.29) is 25.0 Å². The van der Waals surface area contributed by atoms with Crippen LogP contribution in [0.15, 0.2) is 12.2 Å². The van der Waals surface area contributed by atoms with Gasteiger partial charge >= 0.3 is 0 Å². The van der Waals surface area contributed by atoms with Crippen molar-refractivity contribution in [2.45, 2.75) is 6.42 Å². The van der Waals surface area contributed by atoms with Crippen LogP contribution in [0.3, 0.4) is 0 Å². The Morgan fingerprint density at radius 2 is 1.59 bits per heavy atom. The predicted molar refractivity (Wildman–Crippen MR) is 58.2 cm³/mol. The van der Waals surface area contributed by atoms with Gasteiger partial charge in [-0.1, -0.05) is 0 Å². The maximum Gasteiger partial charge on any atom is 0.253 e. The van der Waals surface area contributed by atoms with Gasteiger partial charge < -0.3 is 14.3 Å². The molecule has 0 spiro atoms. The van der Waals surface area contributed by atoms with E-state index in [0.717, 1.165) is 11.2 Å². The molecule has 17 heavy (non-hydrogen) atoms. The largest absolute Gasteiger partial charge is 0.379 e. The Hall–Kier alpha value is -1.53. The number of carbonyl (C=O) groups is 3. The molecule has 0 fully saturated rings. The third-order valence-corrected chi connectivity index (χ3v) is 2.11. The zero-order valence-electron chi connectivity index (χ0n) is 9.46. The summed E-state index contributed by atoms with van der Waals surface area (Å²) >= 11 is 0. The van der Waals surface area contributed by atoms with Crippen LogP contribution in [0.4, 0.5) is 0 Å². The topological polar surface area (TPSA) is 72.9 Å². The smallest absolute Gasteiger partial charge is 0.253 e. The van der Waals surface area contributed by atoms with Crippen molar-refractivity contribution in [2.75, 3.05) is 33.0 Å². The van der Waals surface area contributed by atoms with Crippen LogP contribution in [0.1, 0.15) is 6.42 Å². The minimum absolute atomic E-state index is 0.249. The first-order chi connectivity index (χ1) is 8.25. The highest BCUT2D eigenvalue weighted by atomic mass is 16.5. The van der Waals surface area contributed by atoms with E-state index < -0.39 is 0 Å². The van der Waals surface area contributed by atoms with Crippen LogP contribution in [-0.4, -0.2) is 56.0 Å². The SMILES string of the molecule is O=CCCOCCOCCN1C(=O)C=CC1=O. The normalized spacial score (nSPS) is 14.7. The van der Waals surface area contributed by atoms with Gasteiger partial charge in [0.15, 0.2) is 0 Å². The molecule has 0 saturated heterocycles. The molecule has 94 valence electrons. The second kappa shape index (κ2) is 7.70. The van der Waals surface area contributed by atoms with Crippen LogP contribution in [0.25, 0.3) is 0 Å². The van der Waals surface area contributed by atoms with Crippen LogP contribution >= 0.6 is 0 Å². The number of ether oxygens (including phenoxy) is 2. The number of imide groups is 1.